The molecule has 0 aliphatic carbocycles. The lowest BCUT2D eigenvalue weighted by Gasteiger charge is -2.14. The van der Waals surface area contributed by atoms with E-state index in [1.54, 1.807) is 0 Å². The van der Waals surface area contributed by atoms with E-state index in [2.05, 4.69) is 26.6 Å². The van der Waals surface area contributed by atoms with Crippen molar-refractivity contribution in [2.75, 3.05) is 0 Å². The Labute approximate surface area is 79.8 Å². The summed E-state index contributed by atoms with van der Waals surface area (Å²) < 4.78 is 0. The first kappa shape index (κ1) is 12.2. The highest BCUT2D eigenvalue weighted by Crippen LogP contribution is 2.14. The average molecular weight is 185 g/mol. The van der Waals surface area contributed by atoms with E-state index in [0.717, 1.165) is 0 Å². The van der Waals surface area contributed by atoms with Crippen molar-refractivity contribution in [1.82, 2.24) is 0 Å². The Balaban J connectivity index is 3.01. The Kier molecular flexibility index (Phi) is 6.82. The summed E-state index contributed by atoms with van der Waals surface area (Å²) in [6.45, 7) is 11.2. The van der Waals surface area contributed by atoms with Gasteiger partial charge < -0.3 is 0 Å². The molecule has 0 unspecified atom stereocenters. The van der Waals surface area contributed by atoms with Crippen molar-refractivity contribution in [3.8, 4) is 0 Å². The highest BCUT2D eigenvalue weighted by atomic mass is 28.3. The van der Waals surface area contributed by atoms with Gasteiger partial charge in [0.15, 0.2) is 0 Å². The molecule has 0 atom stereocenters. The third-order valence-corrected chi connectivity index (χ3v) is 3.91. The van der Waals surface area contributed by atoms with Crippen molar-refractivity contribution in [2.24, 2.45) is 0 Å². The van der Waals surface area contributed by atoms with Crippen LogP contribution in [0.5, 0.6) is 0 Å². The second kappa shape index (κ2) is 6.70. The minimum atomic E-state index is -0.976. The molecular weight excluding hydrogens is 160 g/mol. The molecule has 12 heavy (non-hydrogen) atoms. The van der Waals surface area contributed by atoms with Crippen LogP contribution in [0.15, 0.2) is 0 Å². The van der Waals surface area contributed by atoms with E-state index < -0.39 is 8.07 Å². The summed E-state index contributed by atoms with van der Waals surface area (Å²) in [6, 6.07) is 1.42. The minimum absolute atomic E-state index is 0.976. The van der Waals surface area contributed by atoms with Crippen LogP contribution in [-0.4, -0.2) is 8.07 Å². The van der Waals surface area contributed by atoms with Gasteiger partial charge in [-0.1, -0.05) is 71.1 Å². The van der Waals surface area contributed by atoms with Crippen LogP contribution in [0.4, 0.5) is 0 Å². The van der Waals surface area contributed by atoms with Gasteiger partial charge in [0.05, 0.1) is 0 Å². The van der Waals surface area contributed by atoms with Gasteiger partial charge in [-0.2, -0.15) is 0 Å². The highest BCUT2D eigenvalue weighted by Gasteiger charge is 2.11. The zero-order valence-corrected chi connectivity index (χ0v) is 10.2. The molecule has 0 saturated carbocycles. The fraction of sp³-hybridized carbons (Fsp3) is 0.909. The van der Waals surface area contributed by atoms with E-state index >= 15 is 0 Å². The fourth-order valence-electron chi connectivity index (χ4n) is 1.38. The van der Waals surface area contributed by atoms with Crippen molar-refractivity contribution >= 4 is 8.07 Å². The van der Waals surface area contributed by atoms with Gasteiger partial charge in [0.2, 0.25) is 0 Å². The SMILES string of the molecule is [CH2][Si](C)(C)CCCCCCCC. The van der Waals surface area contributed by atoms with Gasteiger partial charge in [0.25, 0.3) is 0 Å². The molecular formula is C11H25Si. The zero-order chi connectivity index (χ0) is 9.45. The molecule has 0 spiro atoms. The van der Waals surface area contributed by atoms with Crippen LogP contribution in [-0.2, 0) is 0 Å². The molecule has 0 amide bonds. The molecule has 1 heteroatoms. The third kappa shape index (κ3) is 10.2. The van der Waals surface area contributed by atoms with Crippen LogP contribution in [0.2, 0.25) is 19.1 Å². The maximum atomic E-state index is 4.24. The average Bonchev–Trinajstić information content (AvgIpc) is 1.94. The fourth-order valence-corrected chi connectivity index (χ4v) is 2.59. The van der Waals surface area contributed by atoms with Gasteiger partial charge in [0, 0.05) is 8.07 Å². The Bertz CT molecular complexity index is 91.7. The lowest BCUT2D eigenvalue weighted by atomic mass is 10.1. The molecule has 0 bridgehead atoms. The summed E-state index contributed by atoms with van der Waals surface area (Å²) >= 11 is 0. The number of rotatable bonds is 7. The smallest absolute Gasteiger partial charge is 0.0470 e. The van der Waals surface area contributed by atoms with E-state index in [0.29, 0.717) is 0 Å². The molecule has 0 nitrogen and oxygen atoms in total. The molecule has 1 radical (unpaired) electrons. The van der Waals surface area contributed by atoms with Gasteiger partial charge in [-0.05, 0) is 0 Å². The van der Waals surface area contributed by atoms with Gasteiger partial charge >= 0.3 is 0 Å². The van der Waals surface area contributed by atoms with E-state index in [1.807, 2.05) is 0 Å². The molecule has 0 rings (SSSR count). The summed E-state index contributed by atoms with van der Waals surface area (Å²) in [6.07, 6.45) is 8.52. The van der Waals surface area contributed by atoms with Crippen molar-refractivity contribution < 1.29 is 0 Å². The second-order valence-electron chi connectivity index (χ2n) is 4.68. The van der Waals surface area contributed by atoms with E-state index in [-0.39, 0.29) is 0 Å². The van der Waals surface area contributed by atoms with Crippen molar-refractivity contribution in [3.63, 3.8) is 0 Å². The van der Waals surface area contributed by atoms with Crippen molar-refractivity contribution in [3.05, 3.63) is 6.55 Å². The minimum Gasteiger partial charge on any atom is -0.0694 e. The summed E-state index contributed by atoms with van der Waals surface area (Å²) in [5.74, 6) is 0. The Morgan fingerprint density at radius 3 is 1.92 bits per heavy atom. The monoisotopic (exact) mass is 185 g/mol. The van der Waals surface area contributed by atoms with E-state index in [9.17, 15) is 0 Å². The lowest BCUT2D eigenvalue weighted by Crippen LogP contribution is -2.19. The van der Waals surface area contributed by atoms with Gasteiger partial charge in [-0.25, -0.2) is 0 Å². The summed E-state index contributed by atoms with van der Waals surface area (Å²) in [5.41, 5.74) is 0. The second-order valence-corrected chi connectivity index (χ2v) is 9.51. The maximum absolute atomic E-state index is 4.24. The first-order valence-electron chi connectivity index (χ1n) is 5.41. The van der Waals surface area contributed by atoms with Crippen LogP contribution in [0.25, 0.3) is 0 Å². The molecule has 73 valence electrons. The summed E-state index contributed by atoms with van der Waals surface area (Å²) in [5, 5.41) is 0. The molecule has 0 aliphatic rings. The van der Waals surface area contributed by atoms with Crippen LogP contribution in [0.3, 0.4) is 0 Å². The Morgan fingerprint density at radius 1 is 0.917 bits per heavy atom. The van der Waals surface area contributed by atoms with E-state index in [1.165, 1.54) is 44.6 Å². The molecule has 0 N–H and O–H groups in total. The molecule has 0 aromatic carbocycles. The highest BCUT2D eigenvalue weighted by molar-refractivity contribution is 6.79. The first-order valence-corrected chi connectivity index (χ1v) is 8.83. The molecule has 0 saturated heterocycles. The molecule has 0 aromatic heterocycles. The quantitative estimate of drug-likeness (QED) is 0.406. The predicted octanol–water partition coefficient (Wildman–Crippen LogP) is 4.43. The summed E-state index contributed by atoms with van der Waals surface area (Å²) in [4.78, 5) is 0. The summed E-state index contributed by atoms with van der Waals surface area (Å²) in [7, 11) is -0.976. The first-order chi connectivity index (χ1) is 5.56. The Hall–Kier alpha value is 0.217. The van der Waals surface area contributed by atoms with Crippen LogP contribution in [0, 0.1) is 6.55 Å². The van der Waals surface area contributed by atoms with Crippen LogP contribution < -0.4 is 0 Å². The van der Waals surface area contributed by atoms with Gasteiger partial charge in [0.1, 0.15) is 0 Å². The van der Waals surface area contributed by atoms with Gasteiger partial charge in [-0.3, -0.25) is 0 Å². The number of hydrogen-bond acceptors (Lipinski definition) is 0. The standard InChI is InChI=1S/C11H25Si/c1-5-6-7-8-9-10-11-12(2,3)4/h2,5-11H2,1,3-4H3. The molecule has 0 aromatic rings. The molecule has 0 fully saturated rings. The topological polar surface area (TPSA) is 0 Å². The van der Waals surface area contributed by atoms with Crippen molar-refractivity contribution in [2.45, 2.75) is 64.6 Å². The zero-order valence-electron chi connectivity index (χ0n) is 9.16. The van der Waals surface area contributed by atoms with Crippen molar-refractivity contribution in [1.29, 1.82) is 0 Å². The number of hydrogen-bond donors (Lipinski definition) is 0. The van der Waals surface area contributed by atoms with E-state index in [4.69, 9.17) is 0 Å². The Morgan fingerprint density at radius 2 is 1.42 bits per heavy atom. The third-order valence-electron chi connectivity index (χ3n) is 2.21. The maximum Gasteiger partial charge on any atom is 0.0470 e. The molecule has 0 heterocycles. The largest absolute Gasteiger partial charge is 0.0694 e. The normalized spacial score (nSPS) is 12.0. The number of unbranched alkanes of at least 4 members (excludes halogenated alkanes) is 5. The van der Waals surface area contributed by atoms with Gasteiger partial charge in [-0.15, -0.1) is 0 Å². The predicted molar refractivity (Wildman–Crippen MR) is 61.0 cm³/mol. The van der Waals surface area contributed by atoms with Crippen LogP contribution in [0.1, 0.15) is 45.4 Å². The molecule has 0 aliphatic heterocycles. The van der Waals surface area contributed by atoms with Crippen LogP contribution >= 0.6 is 0 Å². The lowest BCUT2D eigenvalue weighted by molar-refractivity contribution is 0.622.